The summed E-state index contributed by atoms with van der Waals surface area (Å²) in [5.41, 5.74) is 8.51. The van der Waals surface area contributed by atoms with Gasteiger partial charge in [-0.05, 0) is 26.0 Å². The molecule has 0 aliphatic heterocycles. The van der Waals surface area contributed by atoms with Crippen molar-refractivity contribution in [2.45, 2.75) is 32.9 Å². The van der Waals surface area contributed by atoms with E-state index < -0.39 is 0 Å². The number of amides is 1. The van der Waals surface area contributed by atoms with Crippen LogP contribution in [0.1, 0.15) is 31.0 Å². The van der Waals surface area contributed by atoms with E-state index in [0.29, 0.717) is 6.54 Å². The van der Waals surface area contributed by atoms with Gasteiger partial charge in [0.2, 0.25) is 5.91 Å². The minimum atomic E-state index is -0.0357. The van der Waals surface area contributed by atoms with E-state index in [2.05, 4.69) is 35.3 Å². The van der Waals surface area contributed by atoms with Gasteiger partial charge >= 0.3 is 0 Å². The van der Waals surface area contributed by atoms with Crippen LogP contribution in [0.4, 0.5) is 0 Å². The van der Waals surface area contributed by atoms with Crippen LogP contribution in [-0.4, -0.2) is 37.0 Å². The topological polar surface area (TPSA) is 58.4 Å². The molecule has 0 saturated heterocycles. The minimum absolute atomic E-state index is 0.0140. The zero-order valence-corrected chi connectivity index (χ0v) is 12.3. The second-order valence-electron chi connectivity index (χ2n) is 4.95. The summed E-state index contributed by atoms with van der Waals surface area (Å²) in [5, 5.41) is 2.66. The molecule has 1 amide bonds. The summed E-state index contributed by atoms with van der Waals surface area (Å²) in [6.07, 6.45) is 0. The average Bonchev–Trinajstić information content (AvgIpc) is 2.37. The molecule has 4 nitrogen and oxygen atoms in total. The highest BCUT2D eigenvalue weighted by Gasteiger charge is 2.24. The molecule has 3 N–H and O–H groups in total. The maximum Gasteiger partial charge on any atom is 0.233 e. The molecule has 0 aromatic heterocycles. The van der Waals surface area contributed by atoms with Gasteiger partial charge in [-0.1, -0.05) is 36.8 Å². The van der Waals surface area contributed by atoms with Crippen molar-refractivity contribution in [1.82, 2.24) is 10.2 Å². The third-order valence-electron chi connectivity index (χ3n) is 3.31. The predicted octanol–water partition coefficient (Wildman–Crippen LogP) is 1.45. The number of nitrogens with one attached hydrogen (secondary N) is 1. The van der Waals surface area contributed by atoms with Crippen LogP contribution in [0.15, 0.2) is 24.3 Å². The third-order valence-corrected chi connectivity index (χ3v) is 3.31. The van der Waals surface area contributed by atoms with E-state index in [1.165, 1.54) is 11.1 Å². The smallest absolute Gasteiger partial charge is 0.233 e. The molecule has 1 aromatic rings. The van der Waals surface area contributed by atoms with E-state index in [1.54, 1.807) is 7.05 Å². The number of carbonyl (C=O) groups excluding carboxylic acids is 1. The van der Waals surface area contributed by atoms with Gasteiger partial charge < -0.3 is 11.1 Å². The summed E-state index contributed by atoms with van der Waals surface area (Å²) in [6, 6.07) is 8.34. The first-order valence-corrected chi connectivity index (χ1v) is 6.76. The first-order chi connectivity index (χ1) is 8.99. The Morgan fingerprint density at radius 3 is 2.63 bits per heavy atom. The molecule has 1 aromatic carbocycles. The van der Waals surface area contributed by atoms with Gasteiger partial charge in [0.1, 0.15) is 0 Å². The number of rotatable bonds is 6. The first-order valence-electron chi connectivity index (χ1n) is 6.76. The fourth-order valence-electron chi connectivity index (χ4n) is 2.37. The van der Waals surface area contributed by atoms with Crippen LogP contribution < -0.4 is 11.1 Å². The van der Waals surface area contributed by atoms with Crippen molar-refractivity contribution in [2.75, 3.05) is 20.1 Å². The van der Waals surface area contributed by atoms with Crippen LogP contribution in [0.2, 0.25) is 0 Å². The highest BCUT2D eigenvalue weighted by atomic mass is 16.1. The van der Waals surface area contributed by atoms with Crippen molar-refractivity contribution in [3.63, 3.8) is 0 Å². The molecule has 0 heterocycles. The normalized spacial score (nSPS) is 14.2. The Kier molecular flexibility index (Phi) is 5.99. The van der Waals surface area contributed by atoms with E-state index in [1.807, 2.05) is 19.9 Å². The molecule has 0 fully saturated rings. The van der Waals surface area contributed by atoms with Gasteiger partial charge in [0.05, 0.1) is 12.6 Å². The highest BCUT2D eigenvalue weighted by molar-refractivity contribution is 5.77. The molecule has 0 spiro atoms. The van der Waals surface area contributed by atoms with Crippen molar-refractivity contribution in [3.8, 4) is 0 Å². The lowest BCUT2D eigenvalue weighted by Crippen LogP contribution is -2.44. The molecule has 106 valence electrons. The number of hydrogen-bond acceptors (Lipinski definition) is 3. The van der Waals surface area contributed by atoms with Gasteiger partial charge in [-0.15, -0.1) is 0 Å². The average molecular weight is 263 g/mol. The summed E-state index contributed by atoms with van der Waals surface area (Å²) < 4.78 is 0. The van der Waals surface area contributed by atoms with Gasteiger partial charge in [-0.2, -0.15) is 0 Å². The van der Waals surface area contributed by atoms with Crippen molar-refractivity contribution < 1.29 is 4.79 Å². The Hall–Kier alpha value is -1.39. The molecule has 19 heavy (non-hydrogen) atoms. The number of benzene rings is 1. The third kappa shape index (κ3) is 4.33. The Morgan fingerprint density at radius 2 is 2.16 bits per heavy atom. The zero-order valence-electron chi connectivity index (χ0n) is 12.3. The van der Waals surface area contributed by atoms with Gasteiger partial charge in [0, 0.05) is 13.1 Å². The Labute approximate surface area is 116 Å². The Bertz CT molecular complexity index is 418. The van der Waals surface area contributed by atoms with Crippen molar-refractivity contribution >= 4 is 5.91 Å². The van der Waals surface area contributed by atoms with Crippen molar-refractivity contribution in [2.24, 2.45) is 5.73 Å². The summed E-state index contributed by atoms with van der Waals surface area (Å²) in [4.78, 5) is 13.7. The molecule has 0 aliphatic carbocycles. The van der Waals surface area contributed by atoms with E-state index in [4.69, 9.17) is 5.73 Å². The summed E-state index contributed by atoms with van der Waals surface area (Å²) in [7, 11) is 1.66. The standard InChI is InChI=1S/C15H25N3O/c1-5-18(10-14(19)17-4)15(12(3)16)13-8-6-7-11(2)9-13/h6-9,12,15H,5,10,16H2,1-4H3,(H,17,19). The second kappa shape index (κ2) is 7.26. The van der Waals surface area contributed by atoms with Crippen LogP contribution in [0.3, 0.4) is 0 Å². The molecule has 0 saturated carbocycles. The van der Waals surface area contributed by atoms with Crippen LogP contribution in [0.5, 0.6) is 0 Å². The van der Waals surface area contributed by atoms with Crippen LogP contribution in [0.25, 0.3) is 0 Å². The second-order valence-corrected chi connectivity index (χ2v) is 4.95. The molecule has 1 rings (SSSR count). The van der Waals surface area contributed by atoms with Crippen LogP contribution in [0, 0.1) is 6.92 Å². The fourth-order valence-corrected chi connectivity index (χ4v) is 2.37. The summed E-state index contributed by atoms with van der Waals surface area (Å²) in [5.74, 6) is 0.0140. The lowest BCUT2D eigenvalue weighted by atomic mass is 9.97. The number of hydrogen-bond donors (Lipinski definition) is 2. The lowest BCUT2D eigenvalue weighted by molar-refractivity contribution is -0.122. The molecule has 4 heteroatoms. The Morgan fingerprint density at radius 1 is 1.47 bits per heavy atom. The molecular weight excluding hydrogens is 238 g/mol. The van der Waals surface area contributed by atoms with E-state index in [0.717, 1.165) is 6.54 Å². The van der Waals surface area contributed by atoms with Gasteiger partial charge in [-0.25, -0.2) is 0 Å². The lowest BCUT2D eigenvalue weighted by Gasteiger charge is -2.33. The van der Waals surface area contributed by atoms with Crippen molar-refractivity contribution in [1.29, 1.82) is 0 Å². The largest absolute Gasteiger partial charge is 0.358 e. The molecule has 0 aliphatic rings. The molecular formula is C15H25N3O. The Balaban J connectivity index is 3.01. The number of nitrogens with zero attached hydrogens (tertiary/aromatic N) is 1. The number of likely N-dealkylation sites (N-methyl/N-ethyl adjacent to an activating group) is 2. The zero-order chi connectivity index (χ0) is 14.4. The monoisotopic (exact) mass is 263 g/mol. The minimum Gasteiger partial charge on any atom is -0.358 e. The van der Waals surface area contributed by atoms with E-state index >= 15 is 0 Å². The molecule has 0 bridgehead atoms. The maximum absolute atomic E-state index is 11.6. The summed E-state index contributed by atoms with van der Waals surface area (Å²) >= 11 is 0. The van der Waals surface area contributed by atoms with Gasteiger partial charge in [-0.3, -0.25) is 9.69 Å². The fraction of sp³-hybridized carbons (Fsp3) is 0.533. The first kappa shape index (κ1) is 15.7. The van der Waals surface area contributed by atoms with Crippen molar-refractivity contribution in [3.05, 3.63) is 35.4 Å². The van der Waals surface area contributed by atoms with E-state index in [-0.39, 0.29) is 18.0 Å². The maximum atomic E-state index is 11.6. The molecule has 2 atom stereocenters. The quantitative estimate of drug-likeness (QED) is 0.817. The SMILES string of the molecule is CCN(CC(=O)NC)C(c1cccc(C)c1)C(C)N. The van der Waals surface area contributed by atoms with Gasteiger partial charge in [0.25, 0.3) is 0 Å². The highest BCUT2D eigenvalue weighted by Crippen LogP contribution is 2.24. The summed E-state index contributed by atoms with van der Waals surface area (Å²) in [6.45, 7) is 7.26. The predicted molar refractivity (Wildman–Crippen MR) is 78.9 cm³/mol. The number of aryl methyl sites for hydroxylation is 1. The molecule has 2 unspecified atom stereocenters. The van der Waals surface area contributed by atoms with Crippen LogP contribution in [-0.2, 0) is 4.79 Å². The number of nitrogens with two attached hydrogens (primary N) is 1. The van der Waals surface area contributed by atoms with E-state index in [9.17, 15) is 4.79 Å². The number of carbonyl (C=O) groups is 1. The molecule has 0 radical (unpaired) electrons. The van der Waals surface area contributed by atoms with Crippen LogP contribution >= 0.6 is 0 Å². The van der Waals surface area contributed by atoms with Gasteiger partial charge in [0.15, 0.2) is 0 Å².